The summed E-state index contributed by atoms with van der Waals surface area (Å²) in [5.74, 6) is 1.16. The fraction of sp³-hybridized carbons (Fsp3) is 0.353. The van der Waals surface area contributed by atoms with Crippen LogP contribution in [0, 0.1) is 6.92 Å². The number of hydrogen-bond donors (Lipinski definition) is 2. The summed E-state index contributed by atoms with van der Waals surface area (Å²) in [6.45, 7) is 6.88. The lowest BCUT2D eigenvalue weighted by Gasteiger charge is -2.14. The molecule has 0 aliphatic heterocycles. The van der Waals surface area contributed by atoms with Crippen LogP contribution in [0.1, 0.15) is 36.0 Å². The second-order valence-electron chi connectivity index (χ2n) is 5.84. The number of fused-ring (bicyclic) bond motifs is 1. The number of pyridine rings is 1. The van der Waals surface area contributed by atoms with Crippen LogP contribution in [0.25, 0.3) is 10.2 Å². The van der Waals surface area contributed by atoms with Crippen molar-refractivity contribution >= 4 is 38.8 Å². The zero-order valence-electron chi connectivity index (χ0n) is 13.4. The molecule has 3 heterocycles. The first-order valence-corrected chi connectivity index (χ1v) is 8.78. The van der Waals surface area contributed by atoms with Gasteiger partial charge in [0.15, 0.2) is 0 Å². The average Bonchev–Trinajstić information content (AvgIpc) is 3.13. The molecule has 3 aromatic heterocycles. The third-order valence-corrected chi connectivity index (χ3v) is 5.82. The fourth-order valence-corrected chi connectivity index (χ4v) is 4.16. The first-order chi connectivity index (χ1) is 11.0. The van der Waals surface area contributed by atoms with E-state index in [1.54, 1.807) is 17.6 Å². The molecule has 0 aromatic carbocycles. The van der Waals surface area contributed by atoms with Crippen LogP contribution in [0.5, 0.6) is 0 Å². The van der Waals surface area contributed by atoms with Gasteiger partial charge in [-0.3, -0.25) is 0 Å². The van der Waals surface area contributed by atoms with Crippen LogP contribution in [0.2, 0.25) is 5.15 Å². The van der Waals surface area contributed by atoms with Crippen LogP contribution >= 0.6 is 22.9 Å². The highest BCUT2D eigenvalue weighted by molar-refractivity contribution is 7.20. The molecule has 0 radical (unpaired) electrons. The lowest BCUT2D eigenvalue weighted by atomic mass is 9.99. The molecule has 3 N–H and O–H groups in total. The predicted molar refractivity (Wildman–Crippen MR) is 97.5 cm³/mol. The van der Waals surface area contributed by atoms with Gasteiger partial charge < -0.3 is 15.5 Å². The second-order valence-corrected chi connectivity index (χ2v) is 7.28. The standard InChI is InChI=1S/C17H20ClN3OS/c1-9(11(3)19)16-10(2)15-17(23-16)13(7-14(18)21-15)20-8-12-5-4-6-22-12/h4-7,9,11H,8,19H2,1-3H3,(H,20,21)/t9-,11-/m0/s1. The van der Waals surface area contributed by atoms with Gasteiger partial charge in [0.05, 0.1) is 28.7 Å². The maximum atomic E-state index is 6.21. The number of anilines is 1. The van der Waals surface area contributed by atoms with Gasteiger partial charge in [-0.1, -0.05) is 18.5 Å². The van der Waals surface area contributed by atoms with Crippen molar-refractivity contribution in [3.8, 4) is 0 Å². The van der Waals surface area contributed by atoms with Crippen LogP contribution in [-0.2, 0) is 6.54 Å². The molecule has 0 amide bonds. The summed E-state index contributed by atoms with van der Waals surface area (Å²) < 4.78 is 6.48. The molecule has 0 unspecified atom stereocenters. The van der Waals surface area contributed by atoms with E-state index in [1.165, 1.54) is 10.4 Å². The molecule has 0 bridgehead atoms. The number of nitrogens with one attached hydrogen (secondary N) is 1. The Morgan fingerprint density at radius 3 is 2.87 bits per heavy atom. The maximum Gasteiger partial charge on any atom is 0.131 e. The first kappa shape index (κ1) is 16.3. The zero-order chi connectivity index (χ0) is 16.6. The fourth-order valence-electron chi connectivity index (χ4n) is 2.56. The van der Waals surface area contributed by atoms with Crippen molar-refractivity contribution in [2.45, 2.75) is 39.3 Å². The Balaban J connectivity index is 2.02. The Morgan fingerprint density at radius 2 is 2.22 bits per heavy atom. The number of aryl methyl sites for hydroxylation is 1. The van der Waals surface area contributed by atoms with Gasteiger partial charge >= 0.3 is 0 Å². The van der Waals surface area contributed by atoms with Gasteiger partial charge in [0, 0.05) is 22.9 Å². The number of nitrogens with zero attached hydrogens (tertiary/aromatic N) is 1. The number of aromatic nitrogens is 1. The number of rotatable bonds is 5. The molecule has 0 saturated carbocycles. The minimum Gasteiger partial charge on any atom is -0.467 e. The molecule has 0 saturated heterocycles. The number of nitrogens with two attached hydrogens (primary N) is 1. The molecule has 23 heavy (non-hydrogen) atoms. The van der Waals surface area contributed by atoms with Crippen molar-refractivity contribution in [1.82, 2.24) is 4.98 Å². The van der Waals surface area contributed by atoms with Gasteiger partial charge in [-0.05, 0) is 31.5 Å². The molecule has 3 aromatic rings. The smallest absolute Gasteiger partial charge is 0.131 e. The molecule has 2 atom stereocenters. The molecule has 0 spiro atoms. The van der Waals surface area contributed by atoms with Crippen molar-refractivity contribution in [3.05, 3.63) is 45.8 Å². The number of thiophene rings is 1. The number of furan rings is 1. The summed E-state index contributed by atoms with van der Waals surface area (Å²) in [6.07, 6.45) is 1.67. The topological polar surface area (TPSA) is 64.1 Å². The van der Waals surface area contributed by atoms with E-state index in [0.717, 1.165) is 21.7 Å². The van der Waals surface area contributed by atoms with E-state index in [4.69, 9.17) is 21.8 Å². The van der Waals surface area contributed by atoms with E-state index >= 15 is 0 Å². The van der Waals surface area contributed by atoms with E-state index < -0.39 is 0 Å². The van der Waals surface area contributed by atoms with Crippen molar-refractivity contribution < 1.29 is 4.42 Å². The Kier molecular flexibility index (Phi) is 4.62. The van der Waals surface area contributed by atoms with E-state index in [0.29, 0.717) is 11.7 Å². The summed E-state index contributed by atoms with van der Waals surface area (Å²) in [5.41, 5.74) is 9.18. The molecule has 4 nitrogen and oxygen atoms in total. The average molecular weight is 350 g/mol. The molecule has 6 heteroatoms. The van der Waals surface area contributed by atoms with E-state index in [2.05, 4.69) is 24.1 Å². The molecular weight excluding hydrogens is 330 g/mol. The monoisotopic (exact) mass is 349 g/mol. The van der Waals surface area contributed by atoms with Gasteiger partial charge in [-0.25, -0.2) is 4.98 Å². The Morgan fingerprint density at radius 1 is 1.43 bits per heavy atom. The van der Waals surface area contributed by atoms with Crippen LogP contribution in [-0.4, -0.2) is 11.0 Å². The first-order valence-electron chi connectivity index (χ1n) is 7.58. The Bertz CT molecular complexity index is 811. The van der Waals surface area contributed by atoms with Gasteiger partial charge in [-0.2, -0.15) is 0 Å². The van der Waals surface area contributed by atoms with E-state index in [9.17, 15) is 0 Å². The summed E-state index contributed by atoms with van der Waals surface area (Å²) >= 11 is 7.95. The third-order valence-electron chi connectivity index (χ3n) is 4.11. The molecule has 0 aliphatic rings. The number of halogens is 1. The second kappa shape index (κ2) is 6.51. The normalized spacial score (nSPS) is 14.1. The van der Waals surface area contributed by atoms with Crippen molar-refractivity contribution in [2.75, 3.05) is 5.32 Å². The van der Waals surface area contributed by atoms with Gasteiger partial charge in [0.1, 0.15) is 10.9 Å². The summed E-state index contributed by atoms with van der Waals surface area (Å²) in [4.78, 5) is 5.78. The van der Waals surface area contributed by atoms with E-state index in [-0.39, 0.29) is 12.0 Å². The van der Waals surface area contributed by atoms with Crippen molar-refractivity contribution in [1.29, 1.82) is 0 Å². The van der Waals surface area contributed by atoms with Crippen molar-refractivity contribution in [2.24, 2.45) is 5.73 Å². The SMILES string of the molecule is Cc1c([C@@H](C)[C@H](C)N)sc2c(NCc3ccco3)cc(Cl)nc12. The molecule has 0 aliphatic carbocycles. The van der Waals surface area contributed by atoms with E-state index in [1.807, 2.05) is 25.1 Å². The highest BCUT2D eigenvalue weighted by Crippen LogP contribution is 2.40. The summed E-state index contributed by atoms with van der Waals surface area (Å²) in [5, 5.41) is 3.89. The van der Waals surface area contributed by atoms with Crippen LogP contribution < -0.4 is 11.1 Å². The zero-order valence-corrected chi connectivity index (χ0v) is 15.0. The molecular formula is C17H20ClN3OS. The van der Waals surface area contributed by atoms with Crippen LogP contribution in [0.3, 0.4) is 0 Å². The molecule has 3 rings (SSSR count). The van der Waals surface area contributed by atoms with Gasteiger partial charge in [-0.15, -0.1) is 11.3 Å². The number of hydrogen-bond acceptors (Lipinski definition) is 5. The van der Waals surface area contributed by atoms with Gasteiger partial charge in [0.25, 0.3) is 0 Å². The van der Waals surface area contributed by atoms with Crippen LogP contribution in [0.15, 0.2) is 28.9 Å². The summed E-state index contributed by atoms with van der Waals surface area (Å²) in [7, 11) is 0. The van der Waals surface area contributed by atoms with Crippen molar-refractivity contribution in [3.63, 3.8) is 0 Å². The lowest BCUT2D eigenvalue weighted by Crippen LogP contribution is -2.22. The largest absolute Gasteiger partial charge is 0.467 e. The van der Waals surface area contributed by atoms with Crippen LogP contribution in [0.4, 0.5) is 5.69 Å². The minimum absolute atomic E-state index is 0.0942. The Hall–Kier alpha value is -1.56. The summed E-state index contributed by atoms with van der Waals surface area (Å²) in [6, 6.07) is 5.78. The Labute approximate surface area is 144 Å². The third kappa shape index (κ3) is 3.22. The predicted octanol–water partition coefficient (Wildman–Crippen LogP) is 4.91. The minimum atomic E-state index is 0.0942. The highest BCUT2D eigenvalue weighted by atomic mass is 35.5. The molecule has 122 valence electrons. The van der Waals surface area contributed by atoms with Gasteiger partial charge in [0.2, 0.25) is 0 Å². The quantitative estimate of drug-likeness (QED) is 0.642. The lowest BCUT2D eigenvalue weighted by molar-refractivity contribution is 0.518. The maximum absolute atomic E-state index is 6.21. The molecule has 0 fully saturated rings. The highest BCUT2D eigenvalue weighted by Gasteiger charge is 2.20.